The molecule has 0 saturated heterocycles. The Hall–Kier alpha value is -1.56. The first kappa shape index (κ1) is 17.5. The van der Waals surface area contributed by atoms with Crippen molar-refractivity contribution in [3.05, 3.63) is 35.4 Å². The number of benzene rings is 1. The molecule has 0 fully saturated rings. The summed E-state index contributed by atoms with van der Waals surface area (Å²) in [5.41, 5.74) is 0.0815. The van der Waals surface area contributed by atoms with Crippen molar-refractivity contribution in [3.8, 4) is 0 Å². The maximum absolute atomic E-state index is 12.4. The van der Waals surface area contributed by atoms with Gasteiger partial charge in [0.05, 0.1) is 12.1 Å². The third kappa shape index (κ3) is 6.62. The van der Waals surface area contributed by atoms with Crippen molar-refractivity contribution >= 4 is 5.91 Å². The molecule has 118 valence electrons. The molecule has 0 aliphatic heterocycles. The van der Waals surface area contributed by atoms with E-state index < -0.39 is 11.7 Å². The Balaban J connectivity index is 2.44. The average Bonchev–Trinajstić information content (AvgIpc) is 2.38. The minimum Gasteiger partial charge on any atom is -0.355 e. The fourth-order valence-corrected chi connectivity index (χ4v) is 1.87. The molecule has 0 saturated carbocycles. The Bertz CT molecular complexity index is 443. The van der Waals surface area contributed by atoms with Gasteiger partial charge in [-0.05, 0) is 31.2 Å². The number of hydrogen-bond acceptors (Lipinski definition) is 2. The van der Waals surface area contributed by atoms with Crippen LogP contribution in [0, 0.1) is 0 Å². The Labute approximate surface area is 123 Å². The van der Waals surface area contributed by atoms with Crippen LogP contribution in [0.2, 0.25) is 0 Å². The lowest BCUT2D eigenvalue weighted by atomic mass is 10.1. The highest BCUT2D eigenvalue weighted by molar-refractivity contribution is 5.77. The van der Waals surface area contributed by atoms with Crippen LogP contribution in [-0.2, 0) is 17.5 Å². The first-order valence-corrected chi connectivity index (χ1v) is 6.94. The van der Waals surface area contributed by atoms with Crippen LogP contribution in [-0.4, -0.2) is 30.9 Å². The van der Waals surface area contributed by atoms with Crippen molar-refractivity contribution in [1.29, 1.82) is 0 Å². The van der Waals surface area contributed by atoms with E-state index in [1.165, 1.54) is 12.1 Å². The summed E-state index contributed by atoms with van der Waals surface area (Å²) < 4.78 is 37.3. The number of nitrogens with one attached hydrogen (secondary N) is 1. The van der Waals surface area contributed by atoms with E-state index >= 15 is 0 Å². The van der Waals surface area contributed by atoms with E-state index in [0.29, 0.717) is 13.1 Å². The number of rotatable bonds is 7. The number of nitrogens with zero attached hydrogens (tertiary/aromatic N) is 1. The topological polar surface area (TPSA) is 32.3 Å². The van der Waals surface area contributed by atoms with Crippen LogP contribution in [0.5, 0.6) is 0 Å². The van der Waals surface area contributed by atoms with E-state index in [9.17, 15) is 18.0 Å². The van der Waals surface area contributed by atoms with Crippen LogP contribution >= 0.6 is 0 Å². The number of hydrogen-bond donors (Lipinski definition) is 1. The number of unbranched alkanes of at least 4 members (excludes halogenated alkanes) is 1. The number of halogens is 3. The highest BCUT2D eigenvalue weighted by atomic mass is 19.4. The molecule has 1 aromatic rings. The molecular formula is C15H21F3N2O. The predicted octanol–water partition coefficient (Wildman–Crippen LogP) is 3.05. The van der Waals surface area contributed by atoms with Crippen molar-refractivity contribution in [3.63, 3.8) is 0 Å². The van der Waals surface area contributed by atoms with Crippen molar-refractivity contribution < 1.29 is 18.0 Å². The highest BCUT2D eigenvalue weighted by Gasteiger charge is 2.29. The summed E-state index contributed by atoms with van der Waals surface area (Å²) in [6, 6.07) is 5.00. The van der Waals surface area contributed by atoms with Crippen LogP contribution in [0.3, 0.4) is 0 Å². The molecule has 1 amide bonds. The lowest BCUT2D eigenvalue weighted by Gasteiger charge is -2.16. The summed E-state index contributed by atoms with van der Waals surface area (Å²) in [5, 5.41) is 2.80. The molecule has 21 heavy (non-hydrogen) atoms. The van der Waals surface area contributed by atoms with Crippen molar-refractivity contribution in [2.75, 3.05) is 20.1 Å². The Morgan fingerprint density at radius 3 is 2.38 bits per heavy atom. The number of likely N-dealkylation sites (N-methyl/N-ethyl adjacent to an activating group) is 1. The van der Waals surface area contributed by atoms with E-state index in [2.05, 4.69) is 5.32 Å². The van der Waals surface area contributed by atoms with E-state index in [-0.39, 0.29) is 12.5 Å². The van der Waals surface area contributed by atoms with Crippen molar-refractivity contribution in [2.45, 2.75) is 32.5 Å². The highest BCUT2D eigenvalue weighted by Crippen LogP contribution is 2.29. The van der Waals surface area contributed by atoms with Crippen LogP contribution < -0.4 is 5.32 Å². The molecule has 0 heterocycles. The van der Waals surface area contributed by atoms with Crippen LogP contribution in [0.4, 0.5) is 13.2 Å². The van der Waals surface area contributed by atoms with Gasteiger partial charge in [-0.1, -0.05) is 25.5 Å². The molecule has 6 heteroatoms. The van der Waals surface area contributed by atoms with Gasteiger partial charge in [-0.3, -0.25) is 9.69 Å². The minimum atomic E-state index is -4.32. The molecule has 0 aliphatic rings. The maximum Gasteiger partial charge on any atom is 0.416 e. The molecule has 1 aromatic carbocycles. The molecule has 0 aliphatic carbocycles. The van der Waals surface area contributed by atoms with Gasteiger partial charge >= 0.3 is 6.18 Å². The van der Waals surface area contributed by atoms with Crippen molar-refractivity contribution in [2.24, 2.45) is 0 Å². The van der Waals surface area contributed by atoms with Gasteiger partial charge in [0.1, 0.15) is 0 Å². The third-order valence-electron chi connectivity index (χ3n) is 3.00. The molecule has 0 radical (unpaired) electrons. The number of carbonyl (C=O) groups is 1. The second-order valence-electron chi connectivity index (χ2n) is 5.07. The standard InChI is InChI=1S/C15H21F3N2O/c1-3-4-9-19-14(21)11-20(2)10-12-5-7-13(8-6-12)15(16,17)18/h5-8H,3-4,9-11H2,1-2H3,(H,19,21). The lowest BCUT2D eigenvalue weighted by Crippen LogP contribution is -2.35. The summed E-state index contributed by atoms with van der Waals surface area (Å²) >= 11 is 0. The van der Waals surface area contributed by atoms with Gasteiger partial charge in [-0.15, -0.1) is 0 Å². The summed E-state index contributed by atoms with van der Waals surface area (Å²) in [6.45, 7) is 3.36. The molecule has 1 rings (SSSR count). The predicted molar refractivity (Wildman–Crippen MR) is 75.7 cm³/mol. The number of amides is 1. The summed E-state index contributed by atoms with van der Waals surface area (Å²) in [6.07, 6.45) is -2.36. The second kappa shape index (κ2) is 8.02. The van der Waals surface area contributed by atoms with Gasteiger partial charge in [-0.2, -0.15) is 13.2 Å². The van der Waals surface area contributed by atoms with Gasteiger partial charge < -0.3 is 5.32 Å². The first-order chi connectivity index (χ1) is 9.82. The molecule has 0 aromatic heterocycles. The fraction of sp³-hybridized carbons (Fsp3) is 0.533. The van der Waals surface area contributed by atoms with Gasteiger partial charge in [0.15, 0.2) is 0 Å². The minimum absolute atomic E-state index is 0.0714. The summed E-state index contributed by atoms with van der Waals surface area (Å²) in [4.78, 5) is 13.4. The first-order valence-electron chi connectivity index (χ1n) is 6.94. The van der Waals surface area contributed by atoms with Crippen LogP contribution in [0.1, 0.15) is 30.9 Å². The zero-order valence-corrected chi connectivity index (χ0v) is 12.3. The molecule has 0 bridgehead atoms. The van der Waals surface area contributed by atoms with Gasteiger partial charge in [0.2, 0.25) is 5.91 Å². The zero-order valence-electron chi connectivity index (χ0n) is 12.3. The molecule has 0 atom stereocenters. The van der Waals surface area contributed by atoms with Crippen LogP contribution in [0.25, 0.3) is 0 Å². The molecule has 1 N–H and O–H groups in total. The monoisotopic (exact) mass is 302 g/mol. The van der Waals surface area contributed by atoms with Gasteiger partial charge in [0.25, 0.3) is 0 Å². The smallest absolute Gasteiger partial charge is 0.355 e. The van der Waals surface area contributed by atoms with Gasteiger partial charge in [0, 0.05) is 13.1 Å². The zero-order chi connectivity index (χ0) is 15.9. The normalized spacial score (nSPS) is 11.7. The quantitative estimate of drug-likeness (QED) is 0.785. The Morgan fingerprint density at radius 2 is 1.86 bits per heavy atom. The van der Waals surface area contributed by atoms with Crippen LogP contribution in [0.15, 0.2) is 24.3 Å². The largest absolute Gasteiger partial charge is 0.416 e. The molecule has 3 nitrogen and oxygen atoms in total. The van der Waals surface area contributed by atoms with E-state index in [1.807, 2.05) is 6.92 Å². The molecule has 0 unspecified atom stereocenters. The Morgan fingerprint density at radius 1 is 1.24 bits per heavy atom. The maximum atomic E-state index is 12.4. The number of alkyl halides is 3. The van der Waals surface area contributed by atoms with E-state index in [4.69, 9.17) is 0 Å². The molecular weight excluding hydrogens is 281 g/mol. The van der Waals surface area contributed by atoms with Gasteiger partial charge in [-0.25, -0.2) is 0 Å². The lowest BCUT2D eigenvalue weighted by molar-refractivity contribution is -0.137. The fourth-order valence-electron chi connectivity index (χ4n) is 1.87. The number of carbonyl (C=O) groups excluding carboxylic acids is 1. The molecule has 0 spiro atoms. The van der Waals surface area contributed by atoms with Crippen molar-refractivity contribution in [1.82, 2.24) is 10.2 Å². The SMILES string of the molecule is CCCCNC(=O)CN(C)Cc1ccc(C(F)(F)F)cc1. The Kier molecular flexibility index (Phi) is 6.68. The second-order valence-corrected chi connectivity index (χ2v) is 5.07. The van der Waals surface area contributed by atoms with E-state index in [1.54, 1.807) is 11.9 Å². The third-order valence-corrected chi connectivity index (χ3v) is 3.00. The van der Waals surface area contributed by atoms with E-state index in [0.717, 1.165) is 30.5 Å². The summed E-state index contributed by atoms with van der Waals surface area (Å²) in [7, 11) is 1.76. The summed E-state index contributed by atoms with van der Waals surface area (Å²) in [5.74, 6) is -0.0714. The average molecular weight is 302 g/mol.